The van der Waals surface area contributed by atoms with E-state index < -0.39 is 18.9 Å². The maximum absolute atomic E-state index is 13.6. The first-order chi connectivity index (χ1) is 13.5. The largest absolute Gasteiger partial charge is 0.497 e. The summed E-state index contributed by atoms with van der Waals surface area (Å²) in [5.74, 6) is -1.50. The number of benzene rings is 2. The molecule has 9 heteroatoms. The van der Waals surface area contributed by atoms with Gasteiger partial charge < -0.3 is 24.7 Å². The predicted molar refractivity (Wildman–Crippen MR) is 103 cm³/mol. The summed E-state index contributed by atoms with van der Waals surface area (Å²) in [7, 11) is -0.370. The number of nitrogens with one attached hydrogen (secondary N) is 1. The zero-order chi connectivity index (χ0) is 20.1. The number of ether oxygens (including phenoxy) is 1. The third-order valence-electron chi connectivity index (χ3n) is 4.44. The number of carbonyl (C=O) groups excluding carboxylic acids is 1. The first-order valence-corrected chi connectivity index (χ1v) is 8.85. The van der Waals surface area contributed by atoms with Gasteiger partial charge in [0.05, 0.1) is 30.4 Å². The average molecular weight is 385 g/mol. The number of aromatic nitrogens is 2. The normalized spacial score (nSPS) is 12.0. The second-order valence-electron chi connectivity index (χ2n) is 6.47. The zero-order valence-corrected chi connectivity index (χ0v) is 15.4. The Balaban J connectivity index is 1.62. The lowest BCUT2D eigenvalue weighted by molar-refractivity contribution is -0.121. The Labute approximate surface area is 161 Å². The SMILES string of the molecule is COc1cc(F)cc(C[C@H](NC(=O)CCn2cnc3ccccc32)B(O)O)c1. The summed E-state index contributed by atoms with van der Waals surface area (Å²) in [5.41, 5.74) is 2.24. The number of rotatable bonds is 8. The van der Waals surface area contributed by atoms with Crippen LogP contribution in [0.2, 0.25) is 0 Å². The summed E-state index contributed by atoms with van der Waals surface area (Å²) in [4.78, 5) is 16.6. The third kappa shape index (κ3) is 4.87. The van der Waals surface area contributed by atoms with Crippen molar-refractivity contribution in [1.82, 2.24) is 14.9 Å². The maximum atomic E-state index is 13.6. The topological polar surface area (TPSA) is 96.6 Å². The Morgan fingerprint density at radius 3 is 2.86 bits per heavy atom. The lowest BCUT2D eigenvalue weighted by Gasteiger charge is -2.18. The number of hydrogen-bond acceptors (Lipinski definition) is 5. The van der Waals surface area contributed by atoms with E-state index in [9.17, 15) is 19.2 Å². The van der Waals surface area contributed by atoms with Crippen LogP contribution < -0.4 is 10.1 Å². The molecule has 7 nitrogen and oxygen atoms in total. The molecule has 0 fully saturated rings. The van der Waals surface area contributed by atoms with Crippen molar-refractivity contribution >= 4 is 24.1 Å². The first-order valence-electron chi connectivity index (χ1n) is 8.85. The summed E-state index contributed by atoms with van der Waals surface area (Å²) in [5, 5.41) is 21.8. The van der Waals surface area contributed by atoms with Gasteiger partial charge in [-0.15, -0.1) is 0 Å². The molecular formula is C19H21BFN3O4. The second kappa shape index (κ2) is 8.86. The van der Waals surface area contributed by atoms with E-state index in [1.54, 1.807) is 12.4 Å². The van der Waals surface area contributed by atoms with Crippen LogP contribution in [-0.4, -0.2) is 45.7 Å². The fourth-order valence-corrected chi connectivity index (χ4v) is 3.03. The lowest BCUT2D eigenvalue weighted by atomic mass is 9.76. The number of fused-ring (bicyclic) bond motifs is 1. The number of imidazole rings is 1. The van der Waals surface area contributed by atoms with Crippen molar-refractivity contribution in [2.75, 3.05) is 7.11 Å². The smallest absolute Gasteiger partial charge is 0.475 e. The number of amides is 1. The van der Waals surface area contributed by atoms with Gasteiger partial charge in [-0.1, -0.05) is 12.1 Å². The summed E-state index contributed by atoms with van der Waals surface area (Å²) in [6.45, 7) is 0.397. The standard InChI is InChI=1S/C19H21BFN3O4/c1-28-15-9-13(8-14(21)11-15)10-18(20(26)27)23-19(25)6-7-24-12-22-16-4-2-3-5-17(16)24/h2-5,8-9,11-12,18,26-27H,6-7,10H2,1H3,(H,23,25)/t18-/m0/s1. The summed E-state index contributed by atoms with van der Waals surface area (Å²) >= 11 is 0. The van der Waals surface area contributed by atoms with Crippen LogP contribution in [0.4, 0.5) is 4.39 Å². The van der Waals surface area contributed by atoms with Crippen LogP contribution in [0.3, 0.4) is 0 Å². The van der Waals surface area contributed by atoms with Crippen molar-refractivity contribution in [3.63, 3.8) is 0 Å². The molecule has 0 bridgehead atoms. The van der Waals surface area contributed by atoms with Crippen LogP contribution in [0.1, 0.15) is 12.0 Å². The summed E-state index contributed by atoms with van der Waals surface area (Å²) in [6, 6.07) is 11.7. The minimum atomic E-state index is -1.78. The van der Waals surface area contributed by atoms with Crippen molar-refractivity contribution in [2.24, 2.45) is 0 Å². The van der Waals surface area contributed by atoms with Gasteiger partial charge in [-0.05, 0) is 36.2 Å². The highest BCUT2D eigenvalue weighted by atomic mass is 19.1. The van der Waals surface area contributed by atoms with Crippen LogP contribution in [-0.2, 0) is 17.8 Å². The monoisotopic (exact) mass is 385 g/mol. The molecule has 3 N–H and O–H groups in total. The van der Waals surface area contributed by atoms with Crippen LogP contribution in [0.15, 0.2) is 48.8 Å². The molecule has 0 unspecified atom stereocenters. The highest BCUT2D eigenvalue weighted by molar-refractivity contribution is 6.43. The summed E-state index contributed by atoms with van der Waals surface area (Å²) < 4.78 is 20.5. The molecule has 0 aliphatic carbocycles. The Morgan fingerprint density at radius 1 is 1.32 bits per heavy atom. The molecule has 1 aromatic heterocycles. The minimum absolute atomic E-state index is 0.0472. The quantitative estimate of drug-likeness (QED) is 0.509. The maximum Gasteiger partial charge on any atom is 0.475 e. The molecule has 0 spiro atoms. The number of methoxy groups -OCH3 is 1. The second-order valence-corrected chi connectivity index (χ2v) is 6.47. The molecule has 0 saturated carbocycles. The Bertz CT molecular complexity index is 963. The van der Waals surface area contributed by atoms with Gasteiger partial charge in [0.25, 0.3) is 0 Å². The van der Waals surface area contributed by atoms with Gasteiger partial charge in [0.2, 0.25) is 5.91 Å². The van der Waals surface area contributed by atoms with E-state index in [1.165, 1.54) is 19.2 Å². The highest BCUT2D eigenvalue weighted by Gasteiger charge is 2.26. The number of nitrogens with zero attached hydrogens (tertiary/aromatic N) is 2. The van der Waals surface area contributed by atoms with E-state index >= 15 is 0 Å². The molecule has 1 atom stereocenters. The van der Waals surface area contributed by atoms with E-state index in [-0.39, 0.29) is 18.7 Å². The van der Waals surface area contributed by atoms with E-state index in [4.69, 9.17) is 4.74 Å². The van der Waals surface area contributed by atoms with Crippen LogP contribution in [0.25, 0.3) is 11.0 Å². The predicted octanol–water partition coefficient (Wildman–Crippen LogP) is 1.31. The average Bonchev–Trinajstić information content (AvgIpc) is 3.08. The number of halogens is 1. The molecular weight excluding hydrogens is 364 g/mol. The number of carbonyl (C=O) groups is 1. The summed E-state index contributed by atoms with van der Waals surface area (Å²) in [6.07, 6.45) is 1.84. The molecule has 3 aromatic rings. The van der Waals surface area contributed by atoms with E-state index in [1.807, 2.05) is 28.8 Å². The van der Waals surface area contributed by atoms with Crippen LogP contribution >= 0.6 is 0 Å². The van der Waals surface area contributed by atoms with Crippen molar-refractivity contribution < 1.29 is 24.0 Å². The van der Waals surface area contributed by atoms with Gasteiger partial charge in [-0.3, -0.25) is 4.79 Å². The van der Waals surface area contributed by atoms with Gasteiger partial charge >= 0.3 is 7.12 Å². The first kappa shape index (κ1) is 19.8. The highest BCUT2D eigenvalue weighted by Crippen LogP contribution is 2.17. The molecule has 0 saturated heterocycles. The number of hydrogen-bond donors (Lipinski definition) is 3. The van der Waals surface area contributed by atoms with E-state index in [0.29, 0.717) is 17.9 Å². The molecule has 3 rings (SSSR count). The third-order valence-corrected chi connectivity index (χ3v) is 4.44. The molecule has 0 aliphatic heterocycles. The van der Waals surface area contributed by atoms with Gasteiger partial charge in [0.15, 0.2) is 0 Å². The minimum Gasteiger partial charge on any atom is -0.497 e. The molecule has 0 aliphatic rings. The zero-order valence-electron chi connectivity index (χ0n) is 15.4. The Morgan fingerprint density at radius 2 is 2.11 bits per heavy atom. The van der Waals surface area contributed by atoms with Crippen molar-refractivity contribution in [3.05, 3.63) is 60.2 Å². The Hall–Kier alpha value is -2.91. The molecule has 146 valence electrons. The molecule has 0 radical (unpaired) electrons. The number of para-hydroxylation sites is 2. The fraction of sp³-hybridized carbons (Fsp3) is 0.263. The van der Waals surface area contributed by atoms with Crippen LogP contribution in [0, 0.1) is 5.82 Å². The van der Waals surface area contributed by atoms with Crippen molar-refractivity contribution in [2.45, 2.75) is 25.3 Å². The van der Waals surface area contributed by atoms with Crippen molar-refractivity contribution in [1.29, 1.82) is 0 Å². The van der Waals surface area contributed by atoms with Gasteiger partial charge in [0.1, 0.15) is 11.6 Å². The fourth-order valence-electron chi connectivity index (χ4n) is 3.03. The molecule has 1 heterocycles. The van der Waals surface area contributed by atoms with Gasteiger partial charge in [-0.25, -0.2) is 9.37 Å². The van der Waals surface area contributed by atoms with E-state index in [0.717, 1.165) is 11.0 Å². The lowest BCUT2D eigenvalue weighted by Crippen LogP contribution is -2.48. The Kier molecular flexibility index (Phi) is 6.28. The van der Waals surface area contributed by atoms with Gasteiger partial charge in [0, 0.05) is 19.0 Å². The van der Waals surface area contributed by atoms with Crippen LogP contribution in [0.5, 0.6) is 5.75 Å². The van der Waals surface area contributed by atoms with E-state index in [2.05, 4.69) is 10.3 Å². The molecule has 1 amide bonds. The molecule has 28 heavy (non-hydrogen) atoms. The molecule has 2 aromatic carbocycles. The number of aryl methyl sites for hydroxylation is 1. The van der Waals surface area contributed by atoms with Crippen molar-refractivity contribution in [3.8, 4) is 5.75 Å². The van der Waals surface area contributed by atoms with Gasteiger partial charge in [-0.2, -0.15) is 0 Å².